The minimum atomic E-state index is -0.508. The van der Waals surface area contributed by atoms with Gasteiger partial charge in [0.15, 0.2) is 0 Å². The Balaban J connectivity index is 2.02. The van der Waals surface area contributed by atoms with Gasteiger partial charge in [0.25, 0.3) is 0 Å². The first-order valence-electron chi connectivity index (χ1n) is 5.81. The van der Waals surface area contributed by atoms with Crippen molar-refractivity contribution in [1.29, 1.82) is 0 Å². The minimum absolute atomic E-state index is 0.133. The largest absolute Gasteiger partial charge is 0.388 e. The maximum atomic E-state index is 10.1. The van der Waals surface area contributed by atoms with Gasteiger partial charge in [-0.2, -0.15) is 0 Å². The smallest absolute Gasteiger partial charge is 0.0808 e. The van der Waals surface area contributed by atoms with E-state index in [0.717, 1.165) is 11.1 Å². The van der Waals surface area contributed by atoms with E-state index in [2.05, 4.69) is 0 Å². The van der Waals surface area contributed by atoms with Crippen LogP contribution in [0, 0.1) is 0 Å². The van der Waals surface area contributed by atoms with Crippen molar-refractivity contribution in [3.8, 4) is 0 Å². The summed E-state index contributed by atoms with van der Waals surface area (Å²) in [4.78, 5) is 0. The van der Waals surface area contributed by atoms with E-state index in [4.69, 9.17) is 5.73 Å². The van der Waals surface area contributed by atoms with Crippen LogP contribution in [-0.4, -0.2) is 5.11 Å². The zero-order valence-corrected chi connectivity index (χ0v) is 9.66. The standard InChI is InChI=1S/C15H17NO/c16-14(12-7-3-1-4-8-12)11-15(17)13-9-5-2-6-10-13/h1-10,14-15,17H,11,16H2/t14-,15-/m1/s1. The summed E-state index contributed by atoms with van der Waals surface area (Å²) < 4.78 is 0. The molecule has 0 aliphatic rings. The van der Waals surface area contributed by atoms with Gasteiger partial charge in [-0.05, 0) is 17.5 Å². The van der Waals surface area contributed by atoms with Crippen LogP contribution >= 0.6 is 0 Å². The molecular weight excluding hydrogens is 210 g/mol. The van der Waals surface area contributed by atoms with Crippen molar-refractivity contribution in [1.82, 2.24) is 0 Å². The van der Waals surface area contributed by atoms with Crippen molar-refractivity contribution >= 4 is 0 Å². The molecule has 2 rings (SSSR count). The Hall–Kier alpha value is -1.64. The molecule has 0 aliphatic heterocycles. The molecule has 2 nitrogen and oxygen atoms in total. The predicted molar refractivity (Wildman–Crippen MR) is 69.4 cm³/mol. The van der Waals surface area contributed by atoms with Crippen LogP contribution in [0.4, 0.5) is 0 Å². The molecule has 3 N–H and O–H groups in total. The first-order chi connectivity index (χ1) is 8.27. The van der Waals surface area contributed by atoms with Gasteiger partial charge in [0, 0.05) is 6.04 Å². The molecule has 2 atom stereocenters. The zero-order valence-electron chi connectivity index (χ0n) is 9.66. The molecule has 17 heavy (non-hydrogen) atoms. The van der Waals surface area contributed by atoms with Crippen molar-refractivity contribution in [3.63, 3.8) is 0 Å². The van der Waals surface area contributed by atoms with Gasteiger partial charge in [-0.3, -0.25) is 0 Å². The van der Waals surface area contributed by atoms with E-state index >= 15 is 0 Å². The Kier molecular flexibility index (Phi) is 3.91. The van der Waals surface area contributed by atoms with Gasteiger partial charge in [0.2, 0.25) is 0 Å². The van der Waals surface area contributed by atoms with Gasteiger partial charge in [-0.1, -0.05) is 60.7 Å². The number of rotatable bonds is 4. The van der Waals surface area contributed by atoms with Gasteiger partial charge in [-0.25, -0.2) is 0 Å². The van der Waals surface area contributed by atoms with E-state index in [1.807, 2.05) is 60.7 Å². The predicted octanol–water partition coefficient (Wildman–Crippen LogP) is 2.81. The van der Waals surface area contributed by atoms with Crippen LogP contribution in [0.5, 0.6) is 0 Å². The number of benzene rings is 2. The molecule has 0 amide bonds. The van der Waals surface area contributed by atoms with Gasteiger partial charge >= 0.3 is 0 Å². The Labute approximate surface area is 102 Å². The number of aliphatic hydroxyl groups excluding tert-OH is 1. The molecule has 0 unspecified atom stereocenters. The molecule has 0 bridgehead atoms. The van der Waals surface area contributed by atoms with Gasteiger partial charge in [0.05, 0.1) is 6.10 Å². The molecule has 0 spiro atoms. The Morgan fingerprint density at radius 1 is 0.824 bits per heavy atom. The highest BCUT2D eigenvalue weighted by Crippen LogP contribution is 2.24. The van der Waals surface area contributed by atoms with Crippen LogP contribution in [-0.2, 0) is 0 Å². The summed E-state index contributed by atoms with van der Waals surface area (Å²) in [6.45, 7) is 0. The Morgan fingerprint density at radius 3 is 1.82 bits per heavy atom. The first-order valence-corrected chi connectivity index (χ1v) is 5.81. The summed E-state index contributed by atoms with van der Waals surface area (Å²) in [6.07, 6.45) is 0.0278. The van der Waals surface area contributed by atoms with Crippen molar-refractivity contribution in [3.05, 3.63) is 71.8 Å². The summed E-state index contributed by atoms with van der Waals surface area (Å²) in [5.41, 5.74) is 8.05. The molecule has 0 aromatic heterocycles. The fraction of sp³-hybridized carbons (Fsp3) is 0.200. The van der Waals surface area contributed by atoms with Crippen LogP contribution in [0.15, 0.2) is 60.7 Å². The van der Waals surface area contributed by atoms with Gasteiger partial charge in [-0.15, -0.1) is 0 Å². The summed E-state index contributed by atoms with van der Waals surface area (Å²) in [5, 5.41) is 10.1. The molecule has 2 aromatic rings. The average Bonchev–Trinajstić information content (AvgIpc) is 2.40. The highest BCUT2D eigenvalue weighted by molar-refractivity contribution is 5.21. The average molecular weight is 227 g/mol. The quantitative estimate of drug-likeness (QED) is 0.843. The third-order valence-corrected chi connectivity index (χ3v) is 2.89. The lowest BCUT2D eigenvalue weighted by Gasteiger charge is -2.17. The maximum Gasteiger partial charge on any atom is 0.0808 e. The van der Waals surface area contributed by atoms with Crippen molar-refractivity contribution in [2.75, 3.05) is 0 Å². The van der Waals surface area contributed by atoms with Crippen LogP contribution < -0.4 is 5.73 Å². The zero-order chi connectivity index (χ0) is 12.1. The normalized spacial score (nSPS) is 14.2. The minimum Gasteiger partial charge on any atom is -0.388 e. The lowest BCUT2D eigenvalue weighted by molar-refractivity contribution is 0.158. The van der Waals surface area contributed by atoms with E-state index in [0.29, 0.717) is 6.42 Å². The van der Waals surface area contributed by atoms with Crippen molar-refractivity contribution < 1.29 is 5.11 Å². The molecule has 0 saturated heterocycles. The lowest BCUT2D eigenvalue weighted by atomic mass is 9.97. The molecule has 0 aliphatic carbocycles. The van der Waals surface area contributed by atoms with E-state index in [1.54, 1.807) is 0 Å². The fourth-order valence-corrected chi connectivity index (χ4v) is 1.89. The molecule has 2 aromatic carbocycles. The number of hydrogen-bond donors (Lipinski definition) is 2. The topological polar surface area (TPSA) is 46.2 Å². The summed E-state index contributed by atoms with van der Waals surface area (Å²) in [6, 6.07) is 19.4. The molecule has 2 heteroatoms. The Bertz CT molecular complexity index is 397. The second kappa shape index (κ2) is 5.62. The number of aliphatic hydroxyl groups is 1. The summed E-state index contributed by atoms with van der Waals surface area (Å²) in [5.74, 6) is 0. The van der Waals surface area contributed by atoms with E-state index in [1.165, 1.54) is 0 Å². The van der Waals surface area contributed by atoms with Crippen LogP contribution in [0.2, 0.25) is 0 Å². The summed E-state index contributed by atoms with van der Waals surface area (Å²) in [7, 11) is 0. The number of hydrogen-bond acceptors (Lipinski definition) is 2. The fourth-order valence-electron chi connectivity index (χ4n) is 1.89. The molecular formula is C15H17NO. The van der Waals surface area contributed by atoms with E-state index < -0.39 is 6.10 Å². The molecule has 88 valence electrons. The van der Waals surface area contributed by atoms with Gasteiger partial charge < -0.3 is 10.8 Å². The molecule has 0 fully saturated rings. The highest BCUT2D eigenvalue weighted by Gasteiger charge is 2.13. The summed E-state index contributed by atoms with van der Waals surface area (Å²) >= 11 is 0. The maximum absolute atomic E-state index is 10.1. The second-order valence-corrected chi connectivity index (χ2v) is 4.18. The second-order valence-electron chi connectivity index (χ2n) is 4.18. The van der Waals surface area contributed by atoms with E-state index in [9.17, 15) is 5.11 Å². The Morgan fingerprint density at radius 2 is 1.29 bits per heavy atom. The SMILES string of the molecule is N[C@H](C[C@@H](O)c1ccccc1)c1ccccc1. The third-order valence-electron chi connectivity index (χ3n) is 2.89. The van der Waals surface area contributed by atoms with Crippen molar-refractivity contribution in [2.24, 2.45) is 5.73 Å². The van der Waals surface area contributed by atoms with Crippen molar-refractivity contribution in [2.45, 2.75) is 18.6 Å². The number of nitrogens with two attached hydrogens (primary N) is 1. The molecule has 0 saturated carbocycles. The highest BCUT2D eigenvalue weighted by atomic mass is 16.3. The molecule has 0 heterocycles. The van der Waals surface area contributed by atoms with Gasteiger partial charge in [0.1, 0.15) is 0 Å². The molecule has 0 radical (unpaired) electrons. The van der Waals surface area contributed by atoms with Crippen LogP contribution in [0.25, 0.3) is 0 Å². The van der Waals surface area contributed by atoms with Crippen LogP contribution in [0.3, 0.4) is 0 Å². The first kappa shape index (κ1) is 11.8. The van der Waals surface area contributed by atoms with Crippen LogP contribution in [0.1, 0.15) is 29.7 Å². The monoisotopic (exact) mass is 227 g/mol. The third kappa shape index (κ3) is 3.16. The lowest BCUT2D eigenvalue weighted by Crippen LogP contribution is -2.14. The van der Waals surface area contributed by atoms with E-state index in [-0.39, 0.29) is 6.04 Å².